The van der Waals surface area contributed by atoms with Gasteiger partial charge in [0.05, 0.1) is 0 Å². The van der Waals surface area contributed by atoms with Crippen LogP contribution in [-0.4, -0.2) is 18.5 Å². The van der Waals surface area contributed by atoms with Crippen LogP contribution in [0.5, 0.6) is 0 Å². The highest BCUT2D eigenvalue weighted by molar-refractivity contribution is 5.96. The molecule has 0 aliphatic carbocycles. The lowest BCUT2D eigenvalue weighted by molar-refractivity contribution is -0.131. The normalized spacial score (nSPS) is 15.5. The van der Waals surface area contributed by atoms with Crippen LogP contribution in [0.15, 0.2) is 142 Å². The molecular formula is C39H54O2. The van der Waals surface area contributed by atoms with Gasteiger partial charge < -0.3 is 4.74 Å². The lowest BCUT2D eigenvalue weighted by Gasteiger charge is -2.18. The molecule has 0 heterocycles. The van der Waals surface area contributed by atoms with Gasteiger partial charge in [-0.2, -0.15) is 0 Å². The van der Waals surface area contributed by atoms with Crippen molar-refractivity contribution in [2.75, 3.05) is 7.11 Å². The Balaban J connectivity index is 4.85. The van der Waals surface area contributed by atoms with Crippen LogP contribution in [0, 0.1) is 0 Å². The second-order valence-corrected chi connectivity index (χ2v) is 11.2. The number of rotatable bonds is 16. The Hall–Kier alpha value is -3.49. The summed E-state index contributed by atoms with van der Waals surface area (Å²) in [6.45, 7) is 20.4. The lowest BCUT2D eigenvalue weighted by atomic mass is 10.0. The standard InChI is InChI=1S/C39H54O2/c1-31(2)18-14-26-36(7)30-37(8)27-17-24-33(4)20-13-12-19-32(3)21-15-22-34(5)23-16-25-35(6)28-29-38(40)39(9,10)41-11/h12-13,15-25,27-30H,14,26H2,1-11H3. The van der Waals surface area contributed by atoms with Gasteiger partial charge in [-0.25, -0.2) is 0 Å². The molecule has 0 saturated carbocycles. The third kappa shape index (κ3) is 21.0. The largest absolute Gasteiger partial charge is 0.371 e. The van der Waals surface area contributed by atoms with Crippen molar-refractivity contribution in [1.82, 2.24) is 0 Å². The van der Waals surface area contributed by atoms with E-state index in [9.17, 15) is 4.79 Å². The average Bonchev–Trinajstić information content (AvgIpc) is 2.89. The molecule has 0 N–H and O–H groups in total. The Labute approximate surface area is 252 Å². The fraction of sp³-hybridized carbons (Fsp3) is 0.359. The third-order valence-corrected chi connectivity index (χ3v) is 6.15. The maximum atomic E-state index is 12.1. The van der Waals surface area contributed by atoms with E-state index in [-0.39, 0.29) is 5.78 Å². The van der Waals surface area contributed by atoms with Gasteiger partial charge in [0.2, 0.25) is 0 Å². The number of carbonyl (C=O) groups is 1. The number of hydrogen-bond donors (Lipinski definition) is 0. The summed E-state index contributed by atoms with van der Waals surface area (Å²) >= 11 is 0. The maximum Gasteiger partial charge on any atom is 0.186 e. The molecule has 0 fully saturated rings. The summed E-state index contributed by atoms with van der Waals surface area (Å²) in [5.74, 6) is -0.0535. The topological polar surface area (TPSA) is 26.3 Å². The summed E-state index contributed by atoms with van der Waals surface area (Å²) in [6.07, 6.45) is 37.1. The molecule has 0 aliphatic heterocycles. The van der Waals surface area contributed by atoms with E-state index >= 15 is 0 Å². The van der Waals surface area contributed by atoms with E-state index in [1.54, 1.807) is 27.0 Å². The fourth-order valence-corrected chi connectivity index (χ4v) is 3.30. The van der Waals surface area contributed by atoms with Crippen molar-refractivity contribution in [3.63, 3.8) is 0 Å². The first kappa shape index (κ1) is 37.5. The van der Waals surface area contributed by atoms with Crippen molar-refractivity contribution in [3.8, 4) is 0 Å². The molecule has 0 rings (SSSR count). The van der Waals surface area contributed by atoms with Gasteiger partial charge in [-0.15, -0.1) is 0 Å². The van der Waals surface area contributed by atoms with E-state index in [0.29, 0.717) is 0 Å². The van der Waals surface area contributed by atoms with Crippen molar-refractivity contribution in [1.29, 1.82) is 0 Å². The predicted molar refractivity (Wildman–Crippen MR) is 183 cm³/mol. The van der Waals surface area contributed by atoms with Crippen molar-refractivity contribution < 1.29 is 9.53 Å². The summed E-state index contributed by atoms with van der Waals surface area (Å²) in [5, 5.41) is 0. The Bertz CT molecular complexity index is 1200. The van der Waals surface area contributed by atoms with Crippen molar-refractivity contribution in [3.05, 3.63) is 142 Å². The van der Waals surface area contributed by atoms with Gasteiger partial charge in [-0.05, 0) is 88.2 Å². The molecule has 0 aromatic carbocycles. The Kier molecular flexibility index (Phi) is 19.5. The molecule has 0 radical (unpaired) electrons. The van der Waals surface area contributed by atoms with Gasteiger partial charge in [0.1, 0.15) is 5.60 Å². The molecule has 2 heteroatoms. The highest BCUT2D eigenvalue weighted by atomic mass is 16.5. The van der Waals surface area contributed by atoms with Crippen LogP contribution in [0.3, 0.4) is 0 Å². The second-order valence-electron chi connectivity index (χ2n) is 11.2. The summed E-state index contributed by atoms with van der Waals surface area (Å²) in [7, 11) is 1.54. The molecule has 0 bridgehead atoms. The maximum absolute atomic E-state index is 12.1. The average molecular weight is 555 g/mol. The van der Waals surface area contributed by atoms with E-state index in [4.69, 9.17) is 4.74 Å². The van der Waals surface area contributed by atoms with Crippen molar-refractivity contribution in [2.24, 2.45) is 0 Å². The van der Waals surface area contributed by atoms with E-state index in [1.807, 2.05) is 31.2 Å². The molecule has 0 aliphatic rings. The molecule has 2 nitrogen and oxygen atoms in total. The molecule has 0 unspecified atom stereocenters. The fourth-order valence-electron chi connectivity index (χ4n) is 3.30. The van der Waals surface area contributed by atoms with E-state index in [2.05, 4.69) is 121 Å². The minimum absolute atomic E-state index is 0.0535. The second kappa shape index (κ2) is 21.3. The molecule has 0 aromatic heterocycles. The van der Waals surface area contributed by atoms with Crippen LogP contribution in [0.1, 0.15) is 82.1 Å². The van der Waals surface area contributed by atoms with E-state index < -0.39 is 5.60 Å². The summed E-state index contributed by atoms with van der Waals surface area (Å²) in [6, 6.07) is 0. The minimum atomic E-state index is -0.799. The molecule has 0 saturated heterocycles. The number of hydrogen-bond acceptors (Lipinski definition) is 2. The van der Waals surface area contributed by atoms with E-state index in [1.165, 1.54) is 27.9 Å². The molecule has 0 atom stereocenters. The molecule has 0 aromatic rings. The van der Waals surface area contributed by atoms with Gasteiger partial charge in [0.25, 0.3) is 0 Å². The van der Waals surface area contributed by atoms with E-state index in [0.717, 1.165) is 24.0 Å². The first-order valence-electron chi connectivity index (χ1n) is 14.4. The monoisotopic (exact) mass is 554 g/mol. The van der Waals surface area contributed by atoms with Crippen molar-refractivity contribution >= 4 is 5.78 Å². The number of methoxy groups -OCH3 is 1. The highest BCUT2D eigenvalue weighted by Gasteiger charge is 2.23. The SMILES string of the molecule is COC(C)(C)C(=O)C=CC(C)=CC=CC(C)=CC=CC(C)=CC=CC=C(C)C=CC=C(C)C=C(C)CCC=C(C)C. The zero-order valence-electron chi connectivity index (χ0n) is 27.5. The van der Waals surface area contributed by atoms with Gasteiger partial charge in [0.15, 0.2) is 5.78 Å². The number of carbonyl (C=O) groups excluding carboxylic acids is 1. The lowest BCUT2D eigenvalue weighted by Crippen LogP contribution is -2.32. The Morgan fingerprint density at radius 1 is 0.585 bits per heavy atom. The van der Waals surface area contributed by atoms with Crippen LogP contribution in [0.4, 0.5) is 0 Å². The van der Waals surface area contributed by atoms with Crippen LogP contribution >= 0.6 is 0 Å². The number of ether oxygens (including phenoxy) is 1. The molecule has 41 heavy (non-hydrogen) atoms. The van der Waals surface area contributed by atoms with Crippen molar-refractivity contribution in [2.45, 2.75) is 87.7 Å². The van der Waals surface area contributed by atoms with Crippen LogP contribution in [0.25, 0.3) is 0 Å². The Morgan fingerprint density at radius 3 is 1.44 bits per heavy atom. The van der Waals surface area contributed by atoms with Gasteiger partial charge in [0, 0.05) is 7.11 Å². The molecule has 0 amide bonds. The first-order valence-corrected chi connectivity index (χ1v) is 14.4. The zero-order chi connectivity index (χ0) is 31.3. The summed E-state index contributed by atoms with van der Waals surface area (Å²) in [5.41, 5.74) is 7.76. The quantitative estimate of drug-likeness (QED) is 0.108. The highest BCUT2D eigenvalue weighted by Crippen LogP contribution is 2.12. The predicted octanol–water partition coefficient (Wildman–Crippen LogP) is 11.2. The van der Waals surface area contributed by atoms with Gasteiger partial charge >= 0.3 is 0 Å². The summed E-state index contributed by atoms with van der Waals surface area (Å²) in [4.78, 5) is 12.1. The van der Waals surface area contributed by atoms with Crippen LogP contribution < -0.4 is 0 Å². The third-order valence-electron chi connectivity index (χ3n) is 6.15. The van der Waals surface area contributed by atoms with Gasteiger partial charge in [-0.1, -0.05) is 136 Å². The summed E-state index contributed by atoms with van der Waals surface area (Å²) < 4.78 is 5.21. The number of allylic oxidation sites excluding steroid dienone is 23. The van der Waals surface area contributed by atoms with Crippen LogP contribution in [-0.2, 0) is 9.53 Å². The smallest absolute Gasteiger partial charge is 0.186 e. The minimum Gasteiger partial charge on any atom is -0.371 e. The zero-order valence-corrected chi connectivity index (χ0v) is 27.5. The van der Waals surface area contributed by atoms with Crippen LogP contribution in [0.2, 0.25) is 0 Å². The number of ketones is 1. The molecule has 222 valence electrons. The first-order chi connectivity index (χ1) is 19.3. The molecular weight excluding hydrogens is 500 g/mol. The molecule has 0 spiro atoms. The van der Waals surface area contributed by atoms with Gasteiger partial charge in [-0.3, -0.25) is 4.79 Å². The Morgan fingerprint density at radius 2 is 1.00 bits per heavy atom.